The highest BCUT2D eigenvalue weighted by Gasteiger charge is 2.21. The molecule has 1 saturated heterocycles. The molecule has 1 fully saturated rings. The first-order valence-corrected chi connectivity index (χ1v) is 10.9. The van der Waals surface area contributed by atoms with Crippen LogP contribution in [0.5, 0.6) is 0 Å². The lowest BCUT2D eigenvalue weighted by atomic mass is 10.2. The Morgan fingerprint density at radius 2 is 1.77 bits per heavy atom. The summed E-state index contributed by atoms with van der Waals surface area (Å²) in [7, 11) is 0. The minimum absolute atomic E-state index is 0.000813. The largest absolute Gasteiger partial charge is 0.339 e. The van der Waals surface area contributed by atoms with E-state index in [9.17, 15) is 19.7 Å². The van der Waals surface area contributed by atoms with Crippen LogP contribution in [-0.4, -0.2) is 52.7 Å². The number of nitrogens with zero attached hydrogens (tertiary/aromatic N) is 3. The van der Waals surface area contributed by atoms with Crippen LogP contribution >= 0.6 is 23.4 Å². The van der Waals surface area contributed by atoms with Crippen molar-refractivity contribution in [2.45, 2.75) is 23.6 Å². The Morgan fingerprint density at radius 1 is 1.10 bits per heavy atom. The predicted octanol–water partition coefficient (Wildman–Crippen LogP) is 4.41. The SMILES string of the molecule is CC(=O)N1CCN(C(=O)/C=C/c2ccc(Sc3cccc(Cl)c3C)c([N+](=O)[O-])c2)CC1. The molecular weight excluding hydrogens is 438 g/mol. The van der Waals surface area contributed by atoms with Gasteiger partial charge in [0.15, 0.2) is 0 Å². The second-order valence-corrected chi connectivity index (χ2v) is 8.60. The summed E-state index contributed by atoms with van der Waals surface area (Å²) < 4.78 is 0. The van der Waals surface area contributed by atoms with Crippen LogP contribution < -0.4 is 0 Å². The molecule has 0 spiro atoms. The van der Waals surface area contributed by atoms with E-state index in [1.165, 1.54) is 30.8 Å². The third-order valence-electron chi connectivity index (χ3n) is 5.07. The van der Waals surface area contributed by atoms with Crippen LogP contribution in [0.15, 0.2) is 52.3 Å². The third-order valence-corrected chi connectivity index (χ3v) is 6.71. The maximum Gasteiger partial charge on any atom is 0.283 e. The van der Waals surface area contributed by atoms with Gasteiger partial charge < -0.3 is 9.80 Å². The molecular formula is C22H22ClN3O4S. The van der Waals surface area contributed by atoms with Crippen LogP contribution in [0.3, 0.4) is 0 Å². The summed E-state index contributed by atoms with van der Waals surface area (Å²) in [4.78, 5) is 39.7. The highest BCUT2D eigenvalue weighted by Crippen LogP contribution is 2.38. The van der Waals surface area contributed by atoms with E-state index in [1.807, 2.05) is 19.1 Å². The van der Waals surface area contributed by atoms with E-state index in [1.54, 1.807) is 34.1 Å². The number of carbonyl (C=O) groups is 2. The van der Waals surface area contributed by atoms with Crippen molar-refractivity contribution in [3.05, 3.63) is 68.7 Å². The topological polar surface area (TPSA) is 83.8 Å². The maximum atomic E-state index is 12.4. The summed E-state index contributed by atoms with van der Waals surface area (Å²) in [6.45, 7) is 5.34. The monoisotopic (exact) mass is 459 g/mol. The summed E-state index contributed by atoms with van der Waals surface area (Å²) in [5.74, 6) is -0.181. The molecule has 9 heteroatoms. The van der Waals surface area contributed by atoms with E-state index in [2.05, 4.69) is 0 Å². The quantitative estimate of drug-likeness (QED) is 0.375. The molecule has 162 valence electrons. The normalized spacial score (nSPS) is 14.2. The number of piperazine rings is 1. The van der Waals surface area contributed by atoms with Gasteiger partial charge in [-0.15, -0.1) is 0 Å². The molecule has 1 aliphatic heterocycles. The van der Waals surface area contributed by atoms with Gasteiger partial charge in [0.2, 0.25) is 11.8 Å². The molecule has 0 atom stereocenters. The first-order valence-electron chi connectivity index (χ1n) is 9.70. The fraction of sp³-hybridized carbons (Fsp3) is 0.273. The number of amides is 2. The Morgan fingerprint density at radius 3 is 2.42 bits per heavy atom. The Bertz CT molecular complexity index is 1050. The van der Waals surface area contributed by atoms with Crippen LogP contribution in [0.25, 0.3) is 6.08 Å². The number of hydrogen-bond acceptors (Lipinski definition) is 5. The number of carbonyl (C=O) groups excluding carboxylic acids is 2. The second kappa shape index (κ2) is 9.98. The lowest BCUT2D eigenvalue weighted by molar-refractivity contribution is -0.387. The van der Waals surface area contributed by atoms with E-state index in [4.69, 9.17) is 11.6 Å². The standard InChI is InChI=1S/C22H22ClN3O4S/c1-15-18(23)4-3-5-20(15)31-21-8-6-17(14-19(21)26(29)30)7-9-22(28)25-12-10-24(11-13-25)16(2)27/h3-9,14H,10-13H2,1-2H3/b9-7+. The van der Waals surface area contributed by atoms with Gasteiger partial charge in [-0.25, -0.2) is 0 Å². The summed E-state index contributed by atoms with van der Waals surface area (Å²) in [5, 5.41) is 12.2. The van der Waals surface area contributed by atoms with Crippen molar-refractivity contribution in [2.24, 2.45) is 0 Å². The van der Waals surface area contributed by atoms with Crippen molar-refractivity contribution in [1.82, 2.24) is 9.80 Å². The Balaban J connectivity index is 1.73. The number of rotatable bonds is 5. The van der Waals surface area contributed by atoms with Crippen LogP contribution in [-0.2, 0) is 9.59 Å². The van der Waals surface area contributed by atoms with Gasteiger partial charge in [-0.3, -0.25) is 19.7 Å². The predicted molar refractivity (Wildman–Crippen MR) is 121 cm³/mol. The zero-order chi connectivity index (χ0) is 22.5. The Labute approximate surface area is 189 Å². The number of hydrogen-bond donors (Lipinski definition) is 0. The van der Waals surface area contributed by atoms with Crippen molar-refractivity contribution in [3.63, 3.8) is 0 Å². The average Bonchev–Trinajstić information content (AvgIpc) is 2.75. The summed E-state index contributed by atoms with van der Waals surface area (Å²) in [6.07, 6.45) is 2.99. The minimum atomic E-state index is -0.428. The summed E-state index contributed by atoms with van der Waals surface area (Å²) in [5.41, 5.74) is 1.39. The molecule has 31 heavy (non-hydrogen) atoms. The van der Waals surface area contributed by atoms with Gasteiger partial charge in [0.1, 0.15) is 0 Å². The number of halogens is 1. The fourth-order valence-corrected chi connectivity index (χ4v) is 4.45. The first-order chi connectivity index (χ1) is 14.8. The molecule has 2 amide bonds. The van der Waals surface area contributed by atoms with Crippen LogP contribution in [0.4, 0.5) is 5.69 Å². The molecule has 7 nitrogen and oxygen atoms in total. The van der Waals surface area contributed by atoms with E-state index in [0.717, 1.165) is 10.5 Å². The molecule has 0 bridgehead atoms. The lowest BCUT2D eigenvalue weighted by Gasteiger charge is -2.33. The molecule has 2 aromatic carbocycles. The van der Waals surface area contributed by atoms with E-state index >= 15 is 0 Å². The number of nitro groups is 1. The van der Waals surface area contributed by atoms with Crippen LogP contribution in [0.2, 0.25) is 5.02 Å². The number of nitro benzene ring substituents is 1. The van der Waals surface area contributed by atoms with E-state index < -0.39 is 4.92 Å². The van der Waals surface area contributed by atoms with Crippen molar-refractivity contribution >= 4 is 46.9 Å². The van der Waals surface area contributed by atoms with E-state index in [0.29, 0.717) is 41.7 Å². The molecule has 0 radical (unpaired) electrons. The van der Waals surface area contributed by atoms with Gasteiger partial charge in [-0.2, -0.15) is 0 Å². The van der Waals surface area contributed by atoms with Gasteiger partial charge in [0.05, 0.1) is 9.82 Å². The minimum Gasteiger partial charge on any atom is -0.339 e. The molecule has 0 unspecified atom stereocenters. The Hall–Kier alpha value is -2.84. The smallest absolute Gasteiger partial charge is 0.283 e. The molecule has 1 aliphatic rings. The van der Waals surface area contributed by atoms with Crippen molar-refractivity contribution in [2.75, 3.05) is 26.2 Å². The number of benzene rings is 2. The lowest BCUT2D eigenvalue weighted by Crippen LogP contribution is -2.49. The van der Waals surface area contributed by atoms with Crippen molar-refractivity contribution in [1.29, 1.82) is 0 Å². The van der Waals surface area contributed by atoms with Gasteiger partial charge in [-0.1, -0.05) is 35.5 Å². The average molecular weight is 460 g/mol. The van der Waals surface area contributed by atoms with E-state index in [-0.39, 0.29) is 17.5 Å². The maximum absolute atomic E-state index is 12.4. The van der Waals surface area contributed by atoms with Crippen LogP contribution in [0.1, 0.15) is 18.1 Å². The van der Waals surface area contributed by atoms with Crippen LogP contribution in [0, 0.1) is 17.0 Å². The zero-order valence-corrected chi connectivity index (χ0v) is 18.8. The highest BCUT2D eigenvalue weighted by atomic mass is 35.5. The molecule has 0 N–H and O–H groups in total. The third kappa shape index (κ3) is 5.65. The Kier molecular flexibility index (Phi) is 7.35. The summed E-state index contributed by atoms with van der Waals surface area (Å²) in [6, 6.07) is 10.3. The molecule has 0 aliphatic carbocycles. The molecule has 3 rings (SSSR count). The highest BCUT2D eigenvalue weighted by molar-refractivity contribution is 7.99. The van der Waals surface area contributed by atoms with Crippen molar-refractivity contribution < 1.29 is 14.5 Å². The fourth-order valence-electron chi connectivity index (χ4n) is 3.20. The van der Waals surface area contributed by atoms with Gasteiger partial charge in [-0.05, 0) is 42.3 Å². The van der Waals surface area contributed by atoms with Gasteiger partial charge >= 0.3 is 0 Å². The van der Waals surface area contributed by atoms with Gasteiger partial charge in [0.25, 0.3) is 5.69 Å². The van der Waals surface area contributed by atoms with Crippen molar-refractivity contribution in [3.8, 4) is 0 Å². The summed E-state index contributed by atoms with van der Waals surface area (Å²) >= 11 is 7.44. The zero-order valence-electron chi connectivity index (χ0n) is 17.2. The first kappa shape index (κ1) is 22.8. The van der Waals surface area contributed by atoms with Gasteiger partial charge in [0, 0.05) is 55.2 Å². The molecule has 2 aromatic rings. The molecule has 0 saturated carbocycles. The second-order valence-electron chi connectivity index (χ2n) is 7.11. The molecule has 0 aromatic heterocycles. The molecule has 1 heterocycles.